The Kier molecular flexibility index (Phi) is 4.47. The quantitative estimate of drug-likeness (QED) is 0.790. The minimum atomic E-state index is -0.114. The first kappa shape index (κ1) is 17.4. The van der Waals surface area contributed by atoms with Gasteiger partial charge in [-0.15, -0.1) is 0 Å². The van der Waals surface area contributed by atoms with E-state index in [1.54, 1.807) is 31.3 Å². The Balaban J connectivity index is 1.52. The predicted molar refractivity (Wildman–Crippen MR) is 97.3 cm³/mol. The third-order valence-electron chi connectivity index (χ3n) is 4.78. The fourth-order valence-electron chi connectivity index (χ4n) is 3.37. The molecule has 0 bridgehead atoms. The minimum absolute atomic E-state index is 0.0762. The number of hydrogen-bond donors (Lipinski definition) is 0. The van der Waals surface area contributed by atoms with Crippen LogP contribution in [-0.4, -0.2) is 71.6 Å². The van der Waals surface area contributed by atoms with Gasteiger partial charge in [0, 0.05) is 46.3 Å². The number of carbonyl (C=O) groups is 2. The molecule has 0 N–H and O–H groups in total. The summed E-state index contributed by atoms with van der Waals surface area (Å²) in [6.45, 7) is 2.61. The lowest BCUT2D eigenvalue weighted by Gasteiger charge is -2.24. The van der Waals surface area contributed by atoms with E-state index in [-0.39, 0.29) is 11.8 Å². The molecule has 0 radical (unpaired) electrons. The number of hydrogen-bond acceptors (Lipinski definition) is 5. The summed E-state index contributed by atoms with van der Waals surface area (Å²) in [6.07, 6.45) is 2.37. The van der Waals surface area contributed by atoms with Crippen molar-refractivity contribution in [2.24, 2.45) is 0 Å². The minimum Gasteiger partial charge on any atom is -0.486 e. The molecule has 2 aliphatic rings. The fourth-order valence-corrected chi connectivity index (χ4v) is 3.37. The second-order valence-electron chi connectivity index (χ2n) is 6.81. The summed E-state index contributed by atoms with van der Waals surface area (Å²) in [5.74, 6) is 1.77. The van der Waals surface area contributed by atoms with Crippen LogP contribution in [0.4, 0.5) is 0 Å². The maximum Gasteiger partial charge on any atom is 0.273 e. The molecule has 0 fully saturated rings. The summed E-state index contributed by atoms with van der Waals surface area (Å²) in [5, 5.41) is 0. The van der Waals surface area contributed by atoms with Gasteiger partial charge in [-0.3, -0.25) is 9.59 Å². The molecule has 0 spiro atoms. The lowest BCUT2D eigenvalue weighted by Crippen LogP contribution is -2.34. The summed E-state index contributed by atoms with van der Waals surface area (Å²) < 4.78 is 13.2. The van der Waals surface area contributed by atoms with Crippen molar-refractivity contribution in [1.82, 2.24) is 19.4 Å². The van der Waals surface area contributed by atoms with Crippen molar-refractivity contribution < 1.29 is 19.1 Å². The molecule has 8 nitrogen and oxygen atoms in total. The van der Waals surface area contributed by atoms with Gasteiger partial charge in [0.05, 0.1) is 5.56 Å². The molecule has 1 aromatic carbocycles. The Morgan fingerprint density at radius 2 is 1.93 bits per heavy atom. The third-order valence-corrected chi connectivity index (χ3v) is 4.78. The first-order valence-electron chi connectivity index (χ1n) is 9.00. The van der Waals surface area contributed by atoms with Gasteiger partial charge in [0.1, 0.15) is 24.7 Å². The Morgan fingerprint density at radius 3 is 2.74 bits per heavy atom. The normalized spacial score (nSPS) is 15.7. The molecule has 8 heteroatoms. The SMILES string of the molecule is CN(C)C(=O)c1cn2c(n1)CCN(C(=O)c1cccc3c1OCCO3)CC2. The van der Waals surface area contributed by atoms with Crippen LogP contribution in [0.5, 0.6) is 11.5 Å². The number of nitrogens with zero attached hydrogens (tertiary/aromatic N) is 4. The van der Waals surface area contributed by atoms with Crippen molar-refractivity contribution in [1.29, 1.82) is 0 Å². The van der Waals surface area contributed by atoms with Gasteiger partial charge in [-0.05, 0) is 12.1 Å². The van der Waals surface area contributed by atoms with Gasteiger partial charge in [0.2, 0.25) is 0 Å². The smallest absolute Gasteiger partial charge is 0.273 e. The number of para-hydroxylation sites is 1. The average molecular weight is 370 g/mol. The third kappa shape index (κ3) is 3.22. The predicted octanol–water partition coefficient (Wildman–Crippen LogP) is 1.05. The number of ether oxygens (including phenoxy) is 2. The first-order chi connectivity index (χ1) is 13.0. The molecule has 27 heavy (non-hydrogen) atoms. The molecule has 0 saturated carbocycles. The molecular weight excluding hydrogens is 348 g/mol. The number of rotatable bonds is 2. The Bertz CT molecular complexity index is 864. The van der Waals surface area contributed by atoms with Crippen molar-refractivity contribution in [2.75, 3.05) is 40.4 Å². The van der Waals surface area contributed by atoms with E-state index in [0.717, 1.165) is 5.82 Å². The van der Waals surface area contributed by atoms with E-state index in [1.165, 1.54) is 4.90 Å². The zero-order valence-electron chi connectivity index (χ0n) is 15.5. The average Bonchev–Trinajstić information content (AvgIpc) is 2.99. The van der Waals surface area contributed by atoms with E-state index < -0.39 is 0 Å². The maximum absolute atomic E-state index is 13.1. The van der Waals surface area contributed by atoms with Gasteiger partial charge in [-0.25, -0.2) is 4.98 Å². The van der Waals surface area contributed by atoms with Crippen LogP contribution in [0, 0.1) is 0 Å². The summed E-state index contributed by atoms with van der Waals surface area (Å²) in [7, 11) is 3.42. The van der Waals surface area contributed by atoms with E-state index in [9.17, 15) is 9.59 Å². The Morgan fingerprint density at radius 1 is 1.11 bits per heavy atom. The molecule has 2 aromatic rings. The van der Waals surface area contributed by atoms with Gasteiger partial charge in [0.15, 0.2) is 11.5 Å². The molecule has 0 aliphatic carbocycles. The van der Waals surface area contributed by atoms with Crippen LogP contribution in [0.15, 0.2) is 24.4 Å². The summed E-state index contributed by atoms with van der Waals surface area (Å²) in [6, 6.07) is 5.39. The monoisotopic (exact) mass is 370 g/mol. The molecule has 2 amide bonds. The number of imidazole rings is 1. The van der Waals surface area contributed by atoms with Crippen LogP contribution in [0.2, 0.25) is 0 Å². The summed E-state index contributed by atoms with van der Waals surface area (Å²) in [4.78, 5) is 32.9. The number of fused-ring (bicyclic) bond motifs is 2. The fraction of sp³-hybridized carbons (Fsp3) is 0.421. The van der Waals surface area contributed by atoms with Gasteiger partial charge < -0.3 is 23.8 Å². The van der Waals surface area contributed by atoms with Gasteiger partial charge in [-0.1, -0.05) is 6.07 Å². The lowest BCUT2D eigenvalue weighted by molar-refractivity contribution is 0.0746. The molecule has 4 rings (SSSR count). The van der Waals surface area contributed by atoms with Crippen molar-refractivity contribution in [3.8, 4) is 11.5 Å². The topological polar surface area (TPSA) is 76.9 Å². The number of aromatic nitrogens is 2. The molecular formula is C19H22N4O4. The molecule has 1 aromatic heterocycles. The number of amides is 2. The molecule has 0 atom stereocenters. The van der Waals surface area contributed by atoms with E-state index >= 15 is 0 Å². The molecule has 142 valence electrons. The Labute approximate surface area is 157 Å². The highest BCUT2D eigenvalue weighted by Crippen LogP contribution is 2.34. The van der Waals surface area contributed by atoms with Crippen molar-refractivity contribution in [3.63, 3.8) is 0 Å². The zero-order chi connectivity index (χ0) is 19.0. The second kappa shape index (κ2) is 6.94. The van der Waals surface area contributed by atoms with Crippen LogP contribution in [0.1, 0.15) is 26.7 Å². The summed E-state index contributed by atoms with van der Waals surface area (Å²) >= 11 is 0. The molecule has 2 aliphatic heterocycles. The molecule has 3 heterocycles. The van der Waals surface area contributed by atoms with Gasteiger partial charge >= 0.3 is 0 Å². The Hall–Kier alpha value is -3.03. The van der Waals surface area contributed by atoms with Crippen LogP contribution in [-0.2, 0) is 13.0 Å². The van der Waals surface area contributed by atoms with Crippen molar-refractivity contribution in [3.05, 3.63) is 41.5 Å². The van der Waals surface area contributed by atoms with E-state index in [1.807, 2.05) is 16.7 Å². The maximum atomic E-state index is 13.1. The van der Waals surface area contributed by atoms with Crippen LogP contribution in [0.25, 0.3) is 0 Å². The highest BCUT2D eigenvalue weighted by atomic mass is 16.6. The highest BCUT2D eigenvalue weighted by Gasteiger charge is 2.27. The van der Waals surface area contributed by atoms with E-state index in [0.29, 0.717) is 62.0 Å². The standard InChI is InChI=1S/C19H22N4O4/c1-21(2)19(25)14-12-23-9-8-22(7-6-16(23)20-14)18(24)13-4-3-5-15-17(13)27-11-10-26-15/h3-5,12H,6-11H2,1-2H3. The summed E-state index contributed by atoms with van der Waals surface area (Å²) in [5.41, 5.74) is 0.965. The highest BCUT2D eigenvalue weighted by molar-refractivity contribution is 5.98. The van der Waals surface area contributed by atoms with E-state index in [4.69, 9.17) is 9.47 Å². The largest absolute Gasteiger partial charge is 0.486 e. The van der Waals surface area contributed by atoms with Crippen LogP contribution >= 0.6 is 0 Å². The van der Waals surface area contributed by atoms with E-state index in [2.05, 4.69) is 4.98 Å². The zero-order valence-corrected chi connectivity index (χ0v) is 15.5. The van der Waals surface area contributed by atoms with Gasteiger partial charge in [-0.2, -0.15) is 0 Å². The number of carbonyl (C=O) groups excluding carboxylic acids is 2. The lowest BCUT2D eigenvalue weighted by atomic mass is 10.1. The van der Waals surface area contributed by atoms with Gasteiger partial charge in [0.25, 0.3) is 11.8 Å². The van der Waals surface area contributed by atoms with Crippen molar-refractivity contribution >= 4 is 11.8 Å². The first-order valence-corrected chi connectivity index (χ1v) is 9.00. The van der Waals surface area contributed by atoms with Crippen LogP contribution < -0.4 is 9.47 Å². The van der Waals surface area contributed by atoms with Crippen molar-refractivity contribution in [2.45, 2.75) is 13.0 Å². The number of benzene rings is 1. The molecule has 0 unspecified atom stereocenters. The second-order valence-corrected chi connectivity index (χ2v) is 6.81. The molecule has 0 saturated heterocycles. The van der Waals surface area contributed by atoms with Crippen LogP contribution in [0.3, 0.4) is 0 Å².